The fraction of sp³-hybridized carbons (Fsp3) is 0.515. The molecule has 2 atom stereocenters. The Morgan fingerprint density at radius 3 is 2.33 bits per heavy atom. The van der Waals surface area contributed by atoms with Crippen LogP contribution < -0.4 is 10.6 Å². The number of carbonyl (C=O) groups excluding carboxylic acids is 4. The molecule has 7 heteroatoms. The summed E-state index contributed by atoms with van der Waals surface area (Å²) in [4.78, 5) is 53.1. The molecule has 2 amide bonds. The van der Waals surface area contributed by atoms with E-state index in [1.165, 1.54) is 5.56 Å². The zero-order chi connectivity index (χ0) is 28.6. The number of nitrogens with one attached hydrogen (secondary N) is 2. The second kappa shape index (κ2) is 17.4. The SMILES string of the molecule is CCCCCCC(=O)C[C@H](NC(=O)CCCC(=O)c1ccccc1)C(=O)NCCN1CCC(c2ccccc2)C1. The number of nitrogens with zero attached hydrogens (tertiary/aromatic N) is 1. The number of likely N-dealkylation sites (tertiary alicyclic amines) is 1. The highest BCUT2D eigenvalue weighted by molar-refractivity contribution is 5.96. The molecule has 40 heavy (non-hydrogen) atoms. The first-order valence-corrected chi connectivity index (χ1v) is 14.9. The molecule has 0 spiro atoms. The van der Waals surface area contributed by atoms with Crippen LogP contribution in [0.3, 0.4) is 0 Å². The number of carbonyl (C=O) groups is 4. The Bertz CT molecular complexity index is 1070. The maximum Gasteiger partial charge on any atom is 0.243 e. The van der Waals surface area contributed by atoms with Gasteiger partial charge in [-0.1, -0.05) is 86.8 Å². The van der Waals surface area contributed by atoms with Gasteiger partial charge >= 0.3 is 0 Å². The topological polar surface area (TPSA) is 95.6 Å². The number of ketones is 2. The summed E-state index contributed by atoms with van der Waals surface area (Å²) < 4.78 is 0. The minimum Gasteiger partial charge on any atom is -0.353 e. The van der Waals surface area contributed by atoms with E-state index in [-0.39, 0.29) is 42.6 Å². The van der Waals surface area contributed by atoms with Crippen molar-refractivity contribution in [1.82, 2.24) is 15.5 Å². The van der Waals surface area contributed by atoms with Crippen molar-refractivity contribution in [3.63, 3.8) is 0 Å². The van der Waals surface area contributed by atoms with E-state index >= 15 is 0 Å². The highest BCUT2D eigenvalue weighted by Gasteiger charge is 2.26. The van der Waals surface area contributed by atoms with Crippen LogP contribution >= 0.6 is 0 Å². The molecule has 2 aromatic rings. The summed E-state index contributed by atoms with van der Waals surface area (Å²) in [5, 5.41) is 5.72. The van der Waals surface area contributed by atoms with Crippen LogP contribution in [-0.4, -0.2) is 60.5 Å². The molecule has 7 nitrogen and oxygen atoms in total. The van der Waals surface area contributed by atoms with Gasteiger partial charge in [-0.2, -0.15) is 0 Å². The number of Topliss-reactive ketones (excluding diaryl/α,β-unsaturated/α-hetero) is 2. The molecule has 3 rings (SSSR count). The predicted molar refractivity (Wildman–Crippen MR) is 158 cm³/mol. The molecular weight excluding hydrogens is 502 g/mol. The Morgan fingerprint density at radius 2 is 1.60 bits per heavy atom. The lowest BCUT2D eigenvalue weighted by atomic mass is 9.99. The van der Waals surface area contributed by atoms with Gasteiger partial charge in [-0.05, 0) is 37.3 Å². The summed E-state index contributed by atoms with van der Waals surface area (Å²) in [6.45, 7) is 5.24. The van der Waals surface area contributed by atoms with Gasteiger partial charge in [0, 0.05) is 50.9 Å². The first-order chi connectivity index (χ1) is 19.5. The molecule has 0 aliphatic carbocycles. The molecular formula is C33H45N3O4. The first kappa shape index (κ1) is 31.2. The summed E-state index contributed by atoms with van der Waals surface area (Å²) in [5.74, 6) is -0.162. The monoisotopic (exact) mass is 547 g/mol. The van der Waals surface area contributed by atoms with E-state index in [1.54, 1.807) is 12.1 Å². The van der Waals surface area contributed by atoms with Gasteiger partial charge < -0.3 is 15.5 Å². The lowest BCUT2D eigenvalue weighted by Crippen LogP contribution is -2.49. The maximum absolute atomic E-state index is 13.1. The molecule has 0 aromatic heterocycles. The Hall–Kier alpha value is -3.32. The zero-order valence-electron chi connectivity index (χ0n) is 23.9. The Balaban J connectivity index is 1.45. The third kappa shape index (κ3) is 11.0. The van der Waals surface area contributed by atoms with E-state index in [4.69, 9.17) is 0 Å². The minimum atomic E-state index is -0.897. The predicted octanol–water partition coefficient (Wildman–Crippen LogP) is 5.06. The molecule has 2 N–H and O–H groups in total. The lowest BCUT2D eigenvalue weighted by molar-refractivity contribution is -0.131. The Labute approximate surface area is 239 Å². The van der Waals surface area contributed by atoms with E-state index in [1.807, 2.05) is 24.3 Å². The van der Waals surface area contributed by atoms with Crippen LogP contribution in [0.15, 0.2) is 60.7 Å². The third-order valence-corrected chi connectivity index (χ3v) is 7.57. The van der Waals surface area contributed by atoms with Crippen LogP contribution in [0.1, 0.15) is 93.0 Å². The van der Waals surface area contributed by atoms with Crippen LogP contribution in [-0.2, 0) is 14.4 Å². The van der Waals surface area contributed by atoms with Gasteiger partial charge in [0.1, 0.15) is 11.8 Å². The number of hydrogen-bond acceptors (Lipinski definition) is 5. The van der Waals surface area contributed by atoms with E-state index in [2.05, 4.69) is 46.7 Å². The average molecular weight is 548 g/mol. The number of rotatable bonds is 18. The smallest absolute Gasteiger partial charge is 0.243 e. The quantitative estimate of drug-likeness (QED) is 0.201. The second-order valence-electron chi connectivity index (χ2n) is 10.8. The molecule has 1 aliphatic rings. The van der Waals surface area contributed by atoms with E-state index in [0.717, 1.165) is 51.7 Å². The molecule has 0 radical (unpaired) electrons. The number of benzene rings is 2. The molecule has 0 saturated carbocycles. The zero-order valence-corrected chi connectivity index (χ0v) is 23.9. The van der Waals surface area contributed by atoms with Crippen molar-refractivity contribution < 1.29 is 19.2 Å². The summed E-state index contributed by atoms with van der Waals surface area (Å²) in [7, 11) is 0. The number of amides is 2. The molecule has 1 unspecified atom stereocenters. The summed E-state index contributed by atoms with van der Waals surface area (Å²) in [6, 6.07) is 18.6. The van der Waals surface area contributed by atoms with E-state index < -0.39 is 6.04 Å². The van der Waals surface area contributed by atoms with Gasteiger partial charge in [0.05, 0.1) is 0 Å². The Morgan fingerprint density at radius 1 is 0.875 bits per heavy atom. The maximum atomic E-state index is 13.1. The molecule has 0 bridgehead atoms. The molecule has 216 valence electrons. The van der Waals surface area contributed by atoms with Crippen molar-refractivity contribution in [2.75, 3.05) is 26.2 Å². The van der Waals surface area contributed by atoms with Gasteiger partial charge in [0.2, 0.25) is 11.8 Å². The fourth-order valence-electron chi connectivity index (χ4n) is 5.23. The van der Waals surface area contributed by atoms with Crippen molar-refractivity contribution in [1.29, 1.82) is 0 Å². The first-order valence-electron chi connectivity index (χ1n) is 14.9. The normalized spacial score (nSPS) is 15.9. The summed E-state index contributed by atoms with van der Waals surface area (Å²) in [6.07, 6.45) is 6.22. The van der Waals surface area contributed by atoms with Crippen LogP contribution in [0.25, 0.3) is 0 Å². The lowest BCUT2D eigenvalue weighted by Gasteiger charge is -2.20. The van der Waals surface area contributed by atoms with Gasteiger partial charge in [-0.3, -0.25) is 19.2 Å². The van der Waals surface area contributed by atoms with Crippen molar-refractivity contribution in [3.8, 4) is 0 Å². The van der Waals surface area contributed by atoms with Crippen molar-refractivity contribution in [3.05, 3.63) is 71.8 Å². The van der Waals surface area contributed by atoms with Crippen molar-refractivity contribution >= 4 is 23.4 Å². The van der Waals surface area contributed by atoms with Crippen molar-refractivity contribution in [2.45, 2.75) is 83.1 Å². The average Bonchev–Trinajstić information content (AvgIpc) is 3.45. The van der Waals surface area contributed by atoms with Crippen molar-refractivity contribution in [2.24, 2.45) is 0 Å². The third-order valence-electron chi connectivity index (χ3n) is 7.57. The standard InChI is InChI=1S/C33H45N3O4/c1-2-3-4-11-17-29(37)24-30(35-32(39)19-12-18-31(38)27-15-9-6-10-16-27)33(40)34-21-23-36-22-20-28(25-36)26-13-7-5-8-14-26/h5-10,13-16,28,30H,2-4,11-12,17-25H2,1H3,(H,34,40)(H,35,39)/t28?,30-/m0/s1. The molecule has 1 saturated heterocycles. The molecule has 1 fully saturated rings. The van der Waals surface area contributed by atoms with Gasteiger partial charge in [-0.15, -0.1) is 0 Å². The summed E-state index contributed by atoms with van der Waals surface area (Å²) in [5.41, 5.74) is 1.97. The second-order valence-corrected chi connectivity index (χ2v) is 10.8. The van der Waals surface area contributed by atoms with Gasteiger partial charge in [0.15, 0.2) is 5.78 Å². The van der Waals surface area contributed by atoms with Crippen LogP contribution in [0.2, 0.25) is 0 Å². The highest BCUT2D eigenvalue weighted by Crippen LogP contribution is 2.26. The molecule has 1 heterocycles. The summed E-state index contributed by atoms with van der Waals surface area (Å²) >= 11 is 0. The molecule has 1 aliphatic heterocycles. The molecule has 2 aromatic carbocycles. The van der Waals surface area contributed by atoms with E-state index in [9.17, 15) is 19.2 Å². The Kier molecular flexibility index (Phi) is 13.6. The van der Waals surface area contributed by atoms with Crippen LogP contribution in [0.4, 0.5) is 0 Å². The van der Waals surface area contributed by atoms with Gasteiger partial charge in [0.25, 0.3) is 0 Å². The number of unbranched alkanes of at least 4 members (excludes halogenated alkanes) is 3. The largest absolute Gasteiger partial charge is 0.353 e. The minimum absolute atomic E-state index is 0.00750. The fourth-order valence-corrected chi connectivity index (χ4v) is 5.23. The highest BCUT2D eigenvalue weighted by atomic mass is 16.2. The van der Waals surface area contributed by atoms with Crippen LogP contribution in [0.5, 0.6) is 0 Å². The van der Waals surface area contributed by atoms with Crippen LogP contribution in [0, 0.1) is 0 Å². The van der Waals surface area contributed by atoms with Gasteiger partial charge in [-0.25, -0.2) is 0 Å². The van der Waals surface area contributed by atoms with E-state index in [0.29, 0.717) is 30.9 Å². The number of hydrogen-bond donors (Lipinski definition) is 2.